The third-order valence-electron chi connectivity index (χ3n) is 4.88. The Morgan fingerprint density at radius 3 is 2.45 bits per heavy atom. The molecule has 0 saturated heterocycles. The normalized spacial score (nSPS) is 22.4. The van der Waals surface area contributed by atoms with E-state index in [9.17, 15) is 9.90 Å². The highest BCUT2D eigenvalue weighted by Crippen LogP contribution is 2.36. The Hall–Kier alpha value is -0.610. The molecule has 0 aliphatic heterocycles. The fourth-order valence-electron chi connectivity index (χ4n) is 3.01. The fraction of sp³-hybridized carbons (Fsp3) is 0.938. The number of ether oxygens (including phenoxy) is 1. The second kappa shape index (κ2) is 7.41. The molecule has 1 atom stereocenters. The van der Waals surface area contributed by atoms with Crippen molar-refractivity contribution in [1.29, 1.82) is 0 Å². The van der Waals surface area contributed by atoms with Gasteiger partial charge in [-0.25, -0.2) is 0 Å². The van der Waals surface area contributed by atoms with Gasteiger partial charge in [0, 0.05) is 6.61 Å². The maximum atomic E-state index is 11.3. The molecule has 0 spiro atoms. The molecule has 0 aromatic carbocycles. The minimum Gasteiger partial charge on any atom is -0.480 e. The summed E-state index contributed by atoms with van der Waals surface area (Å²) in [6, 6.07) is 0. The number of hydrogen-bond acceptors (Lipinski definition) is 3. The van der Waals surface area contributed by atoms with Crippen LogP contribution in [0.1, 0.15) is 65.7 Å². The largest absolute Gasteiger partial charge is 0.480 e. The zero-order valence-corrected chi connectivity index (χ0v) is 13.5. The van der Waals surface area contributed by atoms with Gasteiger partial charge in [0.05, 0.1) is 6.10 Å². The molecule has 1 aliphatic carbocycles. The number of aliphatic carboxylic acids is 1. The van der Waals surface area contributed by atoms with E-state index in [4.69, 9.17) is 4.74 Å². The molecule has 0 radical (unpaired) electrons. The number of nitrogens with one attached hydrogen (secondary N) is 1. The van der Waals surface area contributed by atoms with Crippen molar-refractivity contribution in [2.75, 3.05) is 13.7 Å². The van der Waals surface area contributed by atoms with Crippen LogP contribution in [-0.4, -0.2) is 36.4 Å². The number of carboxylic acid groups (broad SMARTS) is 1. The van der Waals surface area contributed by atoms with Crippen molar-refractivity contribution < 1.29 is 14.6 Å². The molecule has 1 rings (SSSR count). The Bertz CT molecular complexity index is 301. The second-order valence-electron chi connectivity index (χ2n) is 6.83. The molecular formula is C16H31NO3. The number of carbonyl (C=O) groups is 1. The number of likely N-dealkylation sites (N-methyl/N-ethyl adjacent to an activating group) is 1. The van der Waals surface area contributed by atoms with Gasteiger partial charge in [-0.2, -0.15) is 0 Å². The maximum Gasteiger partial charge on any atom is 0.323 e. The van der Waals surface area contributed by atoms with E-state index in [1.54, 1.807) is 7.05 Å². The molecule has 1 saturated carbocycles. The van der Waals surface area contributed by atoms with Crippen molar-refractivity contribution in [2.24, 2.45) is 5.41 Å². The first-order chi connectivity index (χ1) is 9.35. The monoisotopic (exact) mass is 285 g/mol. The molecule has 1 unspecified atom stereocenters. The second-order valence-corrected chi connectivity index (χ2v) is 6.83. The van der Waals surface area contributed by atoms with E-state index >= 15 is 0 Å². The Kier molecular flexibility index (Phi) is 6.46. The predicted molar refractivity (Wildman–Crippen MR) is 80.9 cm³/mol. The maximum absolute atomic E-state index is 11.3. The third kappa shape index (κ3) is 4.74. The van der Waals surface area contributed by atoms with Gasteiger partial charge in [0.1, 0.15) is 5.54 Å². The van der Waals surface area contributed by atoms with Crippen LogP contribution in [0.15, 0.2) is 0 Å². The van der Waals surface area contributed by atoms with Gasteiger partial charge in [-0.05, 0) is 57.4 Å². The molecule has 4 nitrogen and oxygen atoms in total. The summed E-state index contributed by atoms with van der Waals surface area (Å²) in [5.74, 6) is -0.762. The molecule has 0 aromatic rings. The highest BCUT2D eigenvalue weighted by molar-refractivity contribution is 5.78. The van der Waals surface area contributed by atoms with Crippen molar-refractivity contribution in [1.82, 2.24) is 5.32 Å². The molecule has 20 heavy (non-hydrogen) atoms. The van der Waals surface area contributed by atoms with E-state index in [-0.39, 0.29) is 0 Å². The van der Waals surface area contributed by atoms with Gasteiger partial charge in [-0.3, -0.25) is 4.79 Å². The van der Waals surface area contributed by atoms with Gasteiger partial charge < -0.3 is 15.2 Å². The first-order valence-electron chi connectivity index (χ1n) is 7.89. The average molecular weight is 285 g/mol. The van der Waals surface area contributed by atoms with Crippen LogP contribution in [0.2, 0.25) is 0 Å². The quantitative estimate of drug-likeness (QED) is 0.672. The van der Waals surface area contributed by atoms with E-state index in [0.29, 0.717) is 31.0 Å². The van der Waals surface area contributed by atoms with E-state index in [1.807, 2.05) is 6.92 Å². The lowest BCUT2D eigenvalue weighted by Gasteiger charge is -2.34. The summed E-state index contributed by atoms with van der Waals surface area (Å²) >= 11 is 0. The van der Waals surface area contributed by atoms with E-state index in [0.717, 1.165) is 19.3 Å². The molecule has 1 fully saturated rings. The Labute approximate surface area is 123 Å². The molecule has 4 heteroatoms. The van der Waals surface area contributed by atoms with Crippen molar-refractivity contribution in [3.8, 4) is 0 Å². The Morgan fingerprint density at radius 2 is 2.00 bits per heavy atom. The van der Waals surface area contributed by atoms with Crippen LogP contribution in [0.25, 0.3) is 0 Å². The third-order valence-corrected chi connectivity index (χ3v) is 4.88. The van der Waals surface area contributed by atoms with E-state index in [1.165, 1.54) is 12.8 Å². The topological polar surface area (TPSA) is 58.6 Å². The van der Waals surface area contributed by atoms with Gasteiger partial charge >= 0.3 is 5.97 Å². The van der Waals surface area contributed by atoms with Crippen molar-refractivity contribution in [2.45, 2.75) is 77.4 Å². The first-order valence-corrected chi connectivity index (χ1v) is 7.89. The Balaban J connectivity index is 2.26. The van der Waals surface area contributed by atoms with Crippen molar-refractivity contribution >= 4 is 5.97 Å². The first kappa shape index (κ1) is 17.4. The lowest BCUT2D eigenvalue weighted by Crippen LogP contribution is -2.50. The predicted octanol–water partition coefficient (Wildman–Crippen LogP) is 3.20. The molecule has 0 aromatic heterocycles. The van der Waals surface area contributed by atoms with Gasteiger partial charge in [0.2, 0.25) is 0 Å². The average Bonchev–Trinajstić information content (AvgIpc) is 2.41. The molecule has 0 bridgehead atoms. The van der Waals surface area contributed by atoms with Crippen molar-refractivity contribution in [3.05, 3.63) is 0 Å². The summed E-state index contributed by atoms with van der Waals surface area (Å²) in [5.41, 5.74) is -0.329. The standard InChI is InChI=1S/C16H31NO3/c1-5-16(17-4,14(18)19)9-6-12-20-13-7-10-15(2,3)11-8-13/h13,17H,5-12H2,1-4H3,(H,18,19). The van der Waals surface area contributed by atoms with Crippen LogP contribution in [0.4, 0.5) is 0 Å². The number of hydrogen-bond donors (Lipinski definition) is 2. The van der Waals surface area contributed by atoms with Crippen LogP contribution in [-0.2, 0) is 9.53 Å². The minimum absolute atomic E-state index is 0.374. The number of rotatable bonds is 8. The molecule has 1 aliphatic rings. The zero-order valence-electron chi connectivity index (χ0n) is 13.5. The molecule has 118 valence electrons. The zero-order chi connectivity index (χ0) is 15.2. The van der Waals surface area contributed by atoms with Crippen LogP contribution >= 0.6 is 0 Å². The van der Waals surface area contributed by atoms with Gasteiger partial charge in [0.25, 0.3) is 0 Å². The van der Waals surface area contributed by atoms with Crippen LogP contribution in [0, 0.1) is 5.41 Å². The fourth-order valence-corrected chi connectivity index (χ4v) is 3.01. The summed E-state index contributed by atoms with van der Waals surface area (Å²) < 4.78 is 5.92. The summed E-state index contributed by atoms with van der Waals surface area (Å²) in [6.07, 6.45) is 7.10. The summed E-state index contributed by atoms with van der Waals surface area (Å²) in [5, 5.41) is 12.3. The van der Waals surface area contributed by atoms with Gasteiger partial charge in [-0.1, -0.05) is 20.8 Å². The molecular weight excluding hydrogens is 254 g/mol. The molecule has 2 N–H and O–H groups in total. The highest BCUT2D eigenvalue weighted by atomic mass is 16.5. The van der Waals surface area contributed by atoms with Crippen molar-refractivity contribution in [3.63, 3.8) is 0 Å². The van der Waals surface area contributed by atoms with Crippen LogP contribution in [0.3, 0.4) is 0 Å². The summed E-state index contributed by atoms with van der Waals surface area (Å²) in [4.78, 5) is 11.3. The van der Waals surface area contributed by atoms with Crippen LogP contribution < -0.4 is 5.32 Å². The SMILES string of the molecule is CCC(CCCOC1CCC(C)(C)CC1)(NC)C(=O)O. The van der Waals surface area contributed by atoms with Gasteiger partial charge in [0.15, 0.2) is 0 Å². The lowest BCUT2D eigenvalue weighted by atomic mass is 9.76. The number of carboxylic acids is 1. The highest BCUT2D eigenvalue weighted by Gasteiger charge is 2.34. The minimum atomic E-state index is -0.794. The lowest BCUT2D eigenvalue weighted by molar-refractivity contribution is -0.145. The Morgan fingerprint density at radius 1 is 1.40 bits per heavy atom. The summed E-state index contributed by atoms with van der Waals surface area (Å²) in [6.45, 7) is 7.22. The van der Waals surface area contributed by atoms with Gasteiger partial charge in [-0.15, -0.1) is 0 Å². The van der Waals surface area contributed by atoms with E-state index in [2.05, 4.69) is 19.2 Å². The smallest absolute Gasteiger partial charge is 0.323 e. The van der Waals surface area contributed by atoms with E-state index < -0.39 is 11.5 Å². The molecule has 0 amide bonds. The summed E-state index contributed by atoms with van der Waals surface area (Å²) in [7, 11) is 1.72. The van der Waals surface area contributed by atoms with Crippen LogP contribution in [0.5, 0.6) is 0 Å². The molecule has 0 heterocycles.